The second-order valence-electron chi connectivity index (χ2n) is 5.19. The fourth-order valence-corrected chi connectivity index (χ4v) is 2.68. The number of ether oxygens (including phenoxy) is 1. The van der Waals surface area contributed by atoms with Crippen molar-refractivity contribution in [2.45, 2.75) is 12.5 Å². The molecule has 5 heteroatoms. The van der Waals surface area contributed by atoms with Crippen molar-refractivity contribution in [2.24, 2.45) is 0 Å². The van der Waals surface area contributed by atoms with E-state index in [1.165, 1.54) is 24.1 Å². The Kier molecular flexibility index (Phi) is 3.81. The topological polar surface area (TPSA) is 49.8 Å². The van der Waals surface area contributed by atoms with Crippen molar-refractivity contribution in [3.05, 3.63) is 59.4 Å². The van der Waals surface area contributed by atoms with E-state index in [0.717, 1.165) is 5.56 Å². The van der Waals surface area contributed by atoms with Gasteiger partial charge in [-0.3, -0.25) is 4.79 Å². The lowest BCUT2D eigenvalue weighted by Gasteiger charge is -2.21. The van der Waals surface area contributed by atoms with Gasteiger partial charge in [0, 0.05) is 12.2 Å². The minimum absolute atomic E-state index is 0.394. The predicted octanol–water partition coefficient (Wildman–Crippen LogP) is 2.46. The van der Waals surface area contributed by atoms with Gasteiger partial charge in [-0.1, -0.05) is 18.2 Å². The Hall–Kier alpha value is -2.40. The van der Waals surface area contributed by atoms with Gasteiger partial charge in [0.2, 0.25) is 0 Å². The third-order valence-electron chi connectivity index (χ3n) is 3.85. The number of hydrogen-bond donors (Lipinski definition) is 1. The summed E-state index contributed by atoms with van der Waals surface area (Å²) in [6.45, 7) is 0.443. The first-order chi connectivity index (χ1) is 10.6. The minimum Gasteiger partial charge on any atom is -0.497 e. The molecular formula is C17H16FNO3. The van der Waals surface area contributed by atoms with Gasteiger partial charge in [-0.25, -0.2) is 4.39 Å². The highest BCUT2D eigenvalue weighted by atomic mass is 19.1. The highest BCUT2D eigenvalue weighted by Gasteiger charge is 2.30. The summed E-state index contributed by atoms with van der Waals surface area (Å²) < 4.78 is 18.5. The molecule has 0 radical (unpaired) electrons. The average molecular weight is 301 g/mol. The number of aliphatic hydroxyl groups excluding tert-OH is 1. The summed E-state index contributed by atoms with van der Waals surface area (Å²) in [4.78, 5) is 14.0. The lowest BCUT2D eigenvalue weighted by molar-refractivity contribution is -0.126. The number of aliphatic hydroxyl groups is 1. The maximum atomic E-state index is 13.4. The normalized spacial score (nSPS) is 14.6. The van der Waals surface area contributed by atoms with Gasteiger partial charge in [0.25, 0.3) is 5.91 Å². The van der Waals surface area contributed by atoms with E-state index in [0.29, 0.717) is 30.0 Å². The van der Waals surface area contributed by atoms with E-state index >= 15 is 0 Å². The van der Waals surface area contributed by atoms with Gasteiger partial charge in [0.1, 0.15) is 11.6 Å². The Morgan fingerprint density at radius 3 is 2.91 bits per heavy atom. The smallest absolute Gasteiger partial charge is 0.260 e. The highest BCUT2D eigenvalue weighted by molar-refractivity contribution is 5.98. The maximum Gasteiger partial charge on any atom is 0.260 e. The number of hydrogen-bond acceptors (Lipinski definition) is 3. The minimum atomic E-state index is -1.30. The number of nitrogens with zero attached hydrogens (tertiary/aromatic N) is 1. The van der Waals surface area contributed by atoms with Crippen LogP contribution in [0.25, 0.3) is 0 Å². The van der Waals surface area contributed by atoms with Crippen molar-refractivity contribution in [2.75, 3.05) is 18.6 Å². The first-order valence-corrected chi connectivity index (χ1v) is 7.02. The molecule has 22 heavy (non-hydrogen) atoms. The van der Waals surface area contributed by atoms with E-state index in [9.17, 15) is 14.3 Å². The number of rotatable bonds is 3. The van der Waals surface area contributed by atoms with Crippen LogP contribution < -0.4 is 9.64 Å². The van der Waals surface area contributed by atoms with Gasteiger partial charge in [-0.2, -0.15) is 0 Å². The molecule has 0 spiro atoms. The van der Waals surface area contributed by atoms with Crippen molar-refractivity contribution in [1.82, 2.24) is 0 Å². The molecule has 0 fully saturated rings. The number of carbonyl (C=O) groups is 1. The van der Waals surface area contributed by atoms with Crippen LogP contribution in [0.4, 0.5) is 10.1 Å². The standard InChI is InChI=1S/C17H16FNO3/c1-22-14-4-2-3-12(9-14)16(20)17(21)19-8-7-11-5-6-13(18)10-15(11)19/h2-6,9-10,16,20H,7-8H2,1H3. The zero-order valence-electron chi connectivity index (χ0n) is 12.1. The Labute approximate surface area is 127 Å². The maximum absolute atomic E-state index is 13.4. The fourth-order valence-electron chi connectivity index (χ4n) is 2.68. The number of methoxy groups -OCH3 is 1. The van der Waals surface area contributed by atoms with Gasteiger partial charge in [0.05, 0.1) is 7.11 Å². The van der Waals surface area contributed by atoms with E-state index in [1.807, 2.05) is 0 Å². The highest BCUT2D eigenvalue weighted by Crippen LogP contribution is 2.31. The number of fused-ring (bicyclic) bond motifs is 1. The molecule has 1 aliphatic heterocycles. The first-order valence-electron chi connectivity index (χ1n) is 7.02. The number of amides is 1. The summed E-state index contributed by atoms with van der Waals surface area (Å²) >= 11 is 0. The average Bonchev–Trinajstić information content (AvgIpc) is 2.96. The number of anilines is 1. The van der Waals surface area contributed by atoms with Crippen LogP contribution in [-0.2, 0) is 11.2 Å². The third kappa shape index (κ3) is 2.55. The van der Waals surface area contributed by atoms with Crippen molar-refractivity contribution >= 4 is 11.6 Å². The molecule has 1 aliphatic rings. The molecule has 0 aromatic heterocycles. The summed E-state index contributed by atoms with van der Waals surface area (Å²) in [6, 6.07) is 11.1. The molecule has 2 aromatic rings. The molecule has 1 unspecified atom stereocenters. The summed E-state index contributed by atoms with van der Waals surface area (Å²) in [5, 5.41) is 10.3. The van der Waals surface area contributed by atoms with E-state index in [2.05, 4.69) is 0 Å². The Morgan fingerprint density at radius 2 is 2.14 bits per heavy atom. The van der Waals surface area contributed by atoms with E-state index in [-0.39, 0.29) is 0 Å². The van der Waals surface area contributed by atoms with Gasteiger partial charge < -0.3 is 14.7 Å². The molecule has 0 aliphatic carbocycles. The van der Waals surface area contributed by atoms with Crippen molar-refractivity contribution < 1.29 is 19.0 Å². The predicted molar refractivity (Wildman–Crippen MR) is 80.4 cm³/mol. The molecule has 1 atom stereocenters. The van der Waals surface area contributed by atoms with Crippen molar-refractivity contribution in [1.29, 1.82) is 0 Å². The number of halogens is 1. The molecule has 0 saturated heterocycles. The van der Waals surface area contributed by atoms with Gasteiger partial charge >= 0.3 is 0 Å². The largest absolute Gasteiger partial charge is 0.497 e. The Balaban J connectivity index is 1.87. The van der Waals surface area contributed by atoms with Crippen molar-refractivity contribution in [3.8, 4) is 5.75 Å². The van der Waals surface area contributed by atoms with Gasteiger partial charge in [0.15, 0.2) is 6.10 Å². The number of benzene rings is 2. The molecule has 1 N–H and O–H groups in total. The summed E-state index contributed by atoms with van der Waals surface area (Å²) in [6.07, 6.45) is -0.643. The number of carbonyl (C=O) groups excluding carboxylic acids is 1. The lowest BCUT2D eigenvalue weighted by atomic mass is 10.1. The molecule has 0 saturated carbocycles. The third-order valence-corrected chi connectivity index (χ3v) is 3.85. The van der Waals surface area contributed by atoms with Crippen LogP contribution in [0.2, 0.25) is 0 Å². The van der Waals surface area contributed by atoms with E-state index in [4.69, 9.17) is 4.74 Å². The fraction of sp³-hybridized carbons (Fsp3) is 0.235. The Morgan fingerprint density at radius 1 is 1.32 bits per heavy atom. The van der Waals surface area contributed by atoms with Gasteiger partial charge in [-0.15, -0.1) is 0 Å². The second-order valence-corrected chi connectivity index (χ2v) is 5.19. The zero-order valence-corrected chi connectivity index (χ0v) is 12.1. The molecule has 4 nitrogen and oxygen atoms in total. The van der Waals surface area contributed by atoms with Crippen LogP contribution in [0.15, 0.2) is 42.5 Å². The summed E-state index contributed by atoms with van der Waals surface area (Å²) in [5.74, 6) is -0.288. The van der Waals surface area contributed by atoms with Crippen LogP contribution in [-0.4, -0.2) is 24.7 Å². The van der Waals surface area contributed by atoms with Crippen LogP contribution in [0.3, 0.4) is 0 Å². The Bertz CT molecular complexity index is 717. The van der Waals surface area contributed by atoms with Crippen molar-refractivity contribution in [3.63, 3.8) is 0 Å². The first kappa shape index (κ1) is 14.5. The van der Waals surface area contributed by atoms with Crippen LogP contribution in [0.1, 0.15) is 17.2 Å². The SMILES string of the molecule is COc1cccc(C(O)C(=O)N2CCc3ccc(F)cc32)c1. The second kappa shape index (κ2) is 5.77. The molecule has 1 heterocycles. The zero-order chi connectivity index (χ0) is 15.7. The monoisotopic (exact) mass is 301 g/mol. The van der Waals surface area contributed by atoms with E-state index < -0.39 is 17.8 Å². The molecule has 3 rings (SSSR count). The van der Waals surface area contributed by atoms with Crippen LogP contribution in [0.5, 0.6) is 5.75 Å². The summed E-state index contributed by atoms with van der Waals surface area (Å²) in [5.41, 5.74) is 1.90. The molecule has 2 aromatic carbocycles. The molecular weight excluding hydrogens is 285 g/mol. The van der Waals surface area contributed by atoms with Crippen LogP contribution >= 0.6 is 0 Å². The van der Waals surface area contributed by atoms with Gasteiger partial charge in [-0.05, 0) is 41.8 Å². The molecule has 0 bridgehead atoms. The van der Waals surface area contributed by atoms with E-state index in [1.54, 1.807) is 30.3 Å². The molecule has 114 valence electrons. The molecule has 1 amide bonds. The van der Waals surface area contributed by atoms with Crippen LogP contribution in [0, 0.1) is 5.82 Å². The summed E-state index contributed by atoms with van der Waals surface area (Å²) in [7, 11) is 1.52. The lowest BCUT2D eigenvalue weighted by Crippen LogP contribution is -2.33. The quantitative estimate of drug-likeness (QED) is 0.947.